The highest BCUT2D eigenvalue weighted by atomic mass is 16.7. The van der Waals surface area contributed by atoms with Gasteiger partial charge in [-0.2, -0.15) is 5.06 Å². The third kappa shape index (κ3) is 5.47. The van der Waals surface area contributed by atoms with Crippen LogP contribution in [0.2, 0.25) is 0 Å². The average Bonchev–Trinajstić information content (AvgIpc) is 2.90. The Kier molecular flexibility index (Phi) is 6.20. The second-order valence-corrected chi connectivity index (χ2v) is 5.93. The number of hydrogen-bond donors (Lipinski definition) is 1. The standard InChI is InChI=1S/C15H26N4O2/c1-13(2)11-18-12-16-9-14(18)10-17-15(20)5-7-19-6-3-4-8-21-19/h9,12-13H,3-8,10-11H2,1-2H3,(H,17,20). The van der Waals surface area contributed by atoms with Crippen LogP contribution in [0.5, 0.6) is 0 Å². The second kappa shape index (κ2) is 8.14. The van der Waals surface area contributed by atoms with Gasteiger partial charge in [0, 0.05) is 32.3 Å². The van der Waals surface area contributed by atoms with E-state index in [2.05, 4.69) is 28.7 Å². The van der Waals surface area contributed by atoms with Crippen LogP contribution in [0.25, 0.3) is 0 Å². The first-order chi connectivity index (χ1) is 10.1. The van der Waals surface area contributed by atoms with Crippen molar-refractivity contribution in [3.05, 3.63) is 18.2 Å². The number of amides is 1. The van der Waals surface area contributed by atoms with Gasteiger partial charge in [-0.15, -0.1) is 0 Å². The van der Waals surface area contributed by atoms with Gasteiger partial charge in [0.05, 0.1) is 25.2 Å². The van der Waals surface area contributed by atoms with Crippen LogP contribution in [0.1, 0.15) is 38.8 Å². The van der Waals surface area contributed by atoms with Gasteiger partial charge in [0.15, 0.2) is 0 Å². The fourth-order valence-electron chi connectivity index (χ4n) is 2.38. The van der Waals surface area contributed by atoms with Crippen molar-refractivity contribution in [3.63, 3.8) is 0 Å². The zero-order valence-corrected chi connectivity index (χ0v) is 13.0. The maximum Gasteiger partial charge on any atom is 0.221 e. The van der Waals surface area contributed by atoms with Gasteiger partial charge in [-0.05, 0) is 18.8 Å². The number of nitrogens with one attached hydrogen (secondary N) is 1. The van der Waals surface area contributed by atoms with Crippen molar-refractivity contribution in [2.24, 2.45) is 5.92 Å². The van der Waals surface area contributed by atoms with Crippen LogP contribution >= 0.6 is 0 Å². The van der Waals surface area contributed by atoms with Crippen molar-refractivity contribution in [2.75, 3.05) is 19.7 Å². The molecule has 1 saturated heterocycles. The molecule has 1 fully saturated rings. The zero-order valence-electron chi connectivity index (χ0n) is 13.0. The molecule has 0 aromatic carbocycles. The Bertz CT molecular complexity index is 439. The average molecular weight is 294 g/mol. The molecule has 6 nitrogen and oxygen atoms in total. The molecule has 0 saturated carbocycles. The number of hydroxylamine groups is 2. The third-order valence-corrected chi connectivity index (χ3v) is 3.49. The molecular formula is C15H26N4O2. The summed E-state index contributed by atoms with van der Waals surface area (Å²) in [6.45, 7) is 8.16. The normalized spacial score (nSPS) is 16.3. The monoisotopic (exact) mass is 294 g/mol. The lowest BCUT2D eigenvalue weighted by Crippen LogP contribution is -2.34. The number of hydrogen-bond acceptors (Lipinski definition) is 4. The summed E-state index contributed by atoms with van der Waals surface area (Å²) in [5, 5.41) is 4.85. The van der Waals surface area contributed by atoms with Crippen molar-refractivity contribution < 1.29 is 9.63 Å². The van der Waals surface area contributed by atoms with Gasteiger partial charge in [0.2, 0.25) is 5.91 Å². The Hall–Kier alpha value is -1.40. The van der Waals surface area contributed by atoms with Crippen LogP contribution in [-0.2, 0) is 22.7 Å². The Labute approximate surface area is 126 Å². The van der Waals surface area contributed by atoms with E-state index in [0.29, 0.717) is 25.4 Å². The molecule has 2 heterocycles. The van der Waals surface area contributed by atoms with E-state index in [9.17, 15) is 4.79 Å². The molecule has 0 spiro atoms. The molecule has 0 atom stereocenters. The highest BCUT2D eigenvalue weighted by molar-refractivity contribution is 5.75. The maximum absolute atomic E-state index is 11.9. The minimum atomic E-state index is 0.0569. The predicted molar refractivity (Wildman–Crippen MR) is 80.3 cm³/mol. The minimum Gasteiger partial charge on any atom is -0.350 e. The van der Waals surface area contributed by atoms with E-state index in [0.717, 1.165) is 38.2 Å². The first kappa shape index (κ1) is 16.0. The van der Waals surface area contributed by atoms with Gasteiger partial charge in [-0.3, -0.25) is 9.63 Å². The van der Waals surface area contributed by atoms with Gasteiger partial charge in [-0.1, -0.05) is 13.8 Å². The van der Waals surface area contributed by atoms with Crippen molar-refractivity contribution >= 4 is 5.91 Å². The van der Waals surface area contributed by atoms with Gasteiger partial charge in [0.25, 0.3) is 0 Å². The molecule has 1 amide bonds. The Balaban J connectivity index is 1.69. The van der Waals surface area contributed by atoms with E-state index in [1.165, 1.54) is 0 Å². The molecule has 118 valence electrons. The van der Waals surface area contributed by atoms with Crippen LogP contribution in [0.15, 0.2) is 12.5 Å². The lowest BCUT2D eigenvalue weighted by Gasteiger charge is -2.25. The Morgan fingerprint density at radius 3 is 3.05 bits per heavy atom. The summed E-state index contributed by atoms with van der Waals surface area (Å²) in [4.78, 5) is 21.5. The molecule has 0 radical (unpaired) electrons. The summed E-state index contributed by atoms with van der Waals surface area (Å²) in [5.74, 6) is 0.617. The molecule has 6 heteroatoms. The van der Waals surface area contributed by atoms with Crippen LogP contribution in [0, 0.1) is 5.92 Å². The molecule has 0 unspecified atom stereocenters. The maximum atomic E-state index is 11.9. The van der Waals surface area contributed by atoms with Gasteiger partial charge >= 0.3 is 0 Å². The number of imidazole rings is 1. The molecule has 1 N–H and O–H groups in total. The number of carbonyl (C=O) groups is 1. The molecule has 2 rings (SSSR count). The van der Waals surface area contributed by atoms with E-state index in [1.807, 2.05) is 17.6 Å². The fraction of sp³-hybridized carbons (Fsp3) is 0.733. The van der Waals surface area contributed by atoms with Crippen LogP contribution in [0.4, 0.5) is 0 Å². The van der Waals surface area contributed by atoms with Gasteiger partial charge < -0.3 is 9.88 Å². The molecule has 1 aliphatic heterocycles. The lowest BCUT2D eigenvalue weighted by atomic mass is 10.2. The van der Waals surface area contributed by atoms with E-state index >= 15 is 0 Å². The van der Waals surface area contributed by atoms with Crippen LogP contribution in [-0.4, -0.2) is 40.2 Å². The Morgan fingerprint density at radius 2 is 2.33 bits per heavy atom. The SMILES string of the molecule is CC(C)Cn1cncc1CNC(=O)CCN1CCCCO1. The number of carbonyl (C=O) groups excluding carboxylic acids is 1. The smallest absolute Gasteiger partial charge is 0.221 e. The van der Waals surface area contributed by atoms with Gasteiger partial charge in [-0.25, -0.2) is 4.98 Å². The summed E-state index contributed by atoms with van der Waals surface area (Å²) in [6, 6.07) is 0. The number of aromatic nitrogens is 2. The van der Waals surface area contributed by atoms with Crippen molar-refractivity contribution in [1.29, 1.82) is 0 Å². The molecule has 0 bridgehead atoms. The van der Waals surface area contributed by atoms with E-state index in [1.54, 1.807) is 0 Å². The van der Waals surface area contributed by atoms with Crippen molar-refractivity contribution in [2.45, 2.75) is 46.2 Å². The quantitative estimate of drug-likeness (QED) is 0.829. The minimum absolute atomic E-state index is 0.0569. The van der Waals surface area contributed by atoms with Crippen LogP contribution in [0.3, 0.4) is 0 Å². The largest absolute Gasteiger partial charge is 0.350 e. The third-order valence-electron chi connectivity index (χ3n) is 3.49. The van der Waals surface area contributed by atoms with Crippen molar-refractivity contribution in [1.82, 2.24) is 19.9 Å². The fourth-order valence-corrected chi connectivity index (χ4v) is 2.38. The summed E-state index contributed by atoms with van der Waals surface area (Å²) in [5.41, 5.74) is 1.05. The summed E-state index contributed by atoms with van der Waals surface area (Å²) >= 11 is 0. The molecule has 1 aromatic heterocycles. The number of rotatable bonds is 7. The predicted octanol–water partition coefficient (Wildman–Crippen LogP) is 1.57. The summed E-state index contributed by atoms with van der Waals surface area (Å²) in [6.07, 6.45) is 6.37. The van der Waals surface area contributed by atoms with Crippen molar-refractivity contribution in [3.8, 4) is 0 Å². The molecule has 1 aromatic rings. The first-order valence-electron chi connectivity index (χ1n) is 7.78. The zero-order chi connectivity index (χ0) is 15.1. The summed E-state index contributed by atoms with van der Waals surface area (Å²) in [7, 11) is 0. The van der Waals surface area contributed by atoms with Crippen LogP contribution < -0.4 is 5.32 Å². The molecular weight excluding hydrogens is 268 g/mol. The second-order valence-electron chi connectivity index (χ2n) is 5.93. The van der Waals surface area contributed by atoms with E-state index < -0.39 is 0 Å². The molecule has 1 aliphatic rings. The topological polar surface area (TPSA) is 59.4 Å². The highest BCUT2D eigenvalue weighted by Gasteiger charge is 2.13. The first-order valence-corrected chi connectivity index (χ1v) is 7.78. The van der Waals surface area contributed by atoms with E-state index in [4.69, 9.17) is 4.84 Å². The molecule has 0 aliphatic carbocycles. The summed E-state index contributed by atoms with van der Waals surface area (Å²) < 4.78 is 2.10. The highest BCUT2D eigenvalue weighted by Crippen LogP contribution is 2.07. The molecule has 21 heavy (non-hydrogen) atoms. The lowest BCUT2D eigenvalue weighted by molar-refractivity contribution is -0.181. The van der Waals surface area contributed by atoms with Gasteiger partial charge in [0.1, 0.15) is 0 Å². The number of nitrogens with zero attached hydrogens (tertiary/aromatic N) is 3. The van der Waals surface area contributed by atoms with E-state index in [-0.39, 0.29) is 5.91 Å². The Morgan fingerprint density at radius 1 is 1.48 bits per heavy atom.